The lowest BCUT2D eigenvalue weighted by molar-refractivity contribution is -0.116. The van der Waals surface area contributed by atoms with E-state index in [0.717, 1.165) is 5.56 Å². The van der Waals surface area contributed by atoms with Crippen LogP contribution in [0.4, 0.5) is 5.69 Å². The second-order valence-corrected chi connectivity index (χ2v) is 8.41. The van der Waals surface area contributed by atoms with Gasteiger partial charge in [0.15, 0.2) is 0 Å². The maximum absolute atomic E-state index is 13.0. The average Bonchev–Trinajstić information content (AvgIpc) is 3.30. The van der Waals surface area contributed by atoms with Gasteiger partial charge in [-0.25, -0.2) is 0 Å². The third-order valence-electron chi connectivity index (χ3n) is 4.67. The van der Waals surface area contributed by atoms with E-state index in [4.69, 9.17) is 16.0 Å². The Balaban J connectivity index is 1.44. The number of furan rings is 1. The number of carbonyl (C=O) groups excluding carboxylic acids is 2. The Hall–Kier alpha value is -2.70. The first-order chi connectivity index (χ1) is 14.1. The second kappa shape index (κ2) is 8.76. The van der Waals surface area contributed by atoms with Crippen LogP contribution >= 0.6 is 23.4 Å². The number of anilines is 1. The Morgan fingerprint density at radius 1 is 1.10 bits per heavy atom. The topological polar surface area (TPSA) is 62.6 Å². The third-order valence-corrected chi connectivity index (χ3v) is 6.11. The lowest BCUT2D eigenvalue weighted by atomic mass is 10.1. The normalized spacial score (nSPS) is 16.4. The molecule has 2 amide bonds. The summed E-state index contributed by atoms with van der Waals surface area (Å²) in [5, 5.41) is 3.19. The van der Waals surface area contributed by atoms with E-state index >= 15 is 0 Å². The van der Waals surface area contributed by atoms with E-state index in [2.05, 4.69) is 5.32 Å². The van der Waals surface area contributed by atoms with Crippen LogP contribution in [0.15, 0.2) is 71.3 Å². The smallest absolute Gasteiger partial charge is 0.253 e. The number of rotatable bonds is 4. The number of hydrogen-bond donors (Lipinski definition) is 1. The molecule has 7 heteroatoms. The summed E-state index contributed by atoms with van der Waals surface area (Å²) < 4.78 is 5.42. The van der Waals surface area contributed by atoms with Crippen molar-refractivity contribution in [3.05, 3.63) is 77.5 Å². The maximum Gasteiger partial charge on any atom is 0.253 e. The van der Waals surface area contributed by atoms with Gasteiger partial charge in [0.25, 0.3) is 5.91 Å². The monoisotopic (exact) mass is 426 g/mol. The highest BCUT2D eigenvalue weighted by atomic mass is 35.5. The zero-order chi connectivity index (χ0) is 20.2. The Labute approximate surface area is 178 Å². The average molecular weight is 427 g/mol. The summed E-state index contributed by atoms with van der Waals surface area (Å²) in [5.74, 6) is 1.23. The van der Waals surface area contributed by atoms with Crippen LogP contribution in [0, 0.1) is 0 Å². The van der Waals surface area contributed by atoms with Gasteiger partial charge in [0.05, 0.1) is 6.26 Å². The van der Waals surface area contributed by atoms with E-state index in [9.17, 15) is 9.59 Å². The fraction of sp³-hybridized carbons (Fsp3) is 0.182. The molecule has 0 spiro atoms. The zero-order valence-corrected chi connectivity index (χ0v) is 17.1. The molecule has 0 bridgehead atoms. The maximum atomic E-state index is 13.0. The first-order valence-corrected chi connectivity index (χ1v) is 10.6. The van der Waals surface area contributed by atoms with Crippen molar-refractivity contribution in [1.82, 2.24) is 4.90 Å². The SMILES string of the molecule is O=C(Nc1ccc(Cl)cc1)C1CN(C(=O)c2cccc(-c3ccco3)c2)CCS1. The standard InChI is InChI=1S/C22H19ClN2O3S/c23-17-6-8-18(9-7-17)24-21(26)20-14-25(10-12-29-20)22(27)16-4-1-3-15(13-16)19-5-2-11-28-19/h1-9,11,13,20H,10,12,14H2,(H,24,26). The fourth-order valence-electron chi connectivity index (χ4n) is 3.18. The van der Waals surface area contributed by atoms with E-state index in [1.807, 2.05) is 30.3 Å². The van der Waals surface area contributed by atoms with E-state index in [-0.39, 0.29) is 17.1 Å². The van der Waals surface area contributed by atoms with Gasteiger partial charge >= 0.3 is 0 Å². The van der Waals surface area contributed by atoms with Crippen molar-refractivity contribution in [2.45, 2.75) is 5.25 Å². The molecule has 0 saturated carbocycles. The molecule has 3 aromatic rings. The van der Waals surface area contributed by atoms with Crippen LogP contribution in [0.2, 0.25) is 5.02 Å². The molecule has 1 atom stereocenters. The first-order valence-electron chi connectivity index (χ1n) is 9.21. The van der Waals surface area contributed by atoms with Gasteiger partial charge in [0.2, 0.25) is 5.91 Å². The quantitative estimate of drug-likeness (QED) is 0.651. The van der Waals surface area contributed by atoms with Crippen molar-refractivity contribution < 1.29 is 14.0 Å². The minimum absolute atomic E-state index is 0.0806. The number of carbonyl (C=O) groups is 2. The van der Waals surface area contributed by atoms with Crippen LogP contribution in [0.25, 0.3) is 11.3 Å². The van der Waals surface area contributed by atoms with Gasteiger partial charge in [-0.05, 0) is 48.5 Å². The van der Waals surface area contributed by atoms with E-state index in [1.165, 1.54) is 0 Å². The number of nitrogens with one attached hydrogen (secondary N) is 1. The Kier molecular flexibility index (Phi) is 5.92. The minimum Gasteiger partial charge on any atom is -0.464 e. The van der Waals surface area contributed by atoms with Crippen LogP contribution in [-0.4, -0.2) is 40.8 Å². The van der Waals surface area contributed by atoms with Crippen molar-refractivity contribution in [3.63, 3.8) is 0 Å². The fourth-order valence-corrected chi connectivity index (χ4v) is 4.41. The molecule has 5 nitrogen and oxygen atoms in total. The number of thioether (sulfide) groups is 1. The lowest BCUT2D eigenvalue weighted by Crippen LogP contribution is -2.46. The first kappa shape index (κ1) is 19.6. The molecule has 2 aromatic carbocycles. The van der Waals surface area contributed by atoms with Crippen molar-refractivity contribution in [1.29, 1.82) is 0 Å². The van der Waals surface area contributed by atoms with E-state index < -0.39 is 0 Å². The van der Waals surface area contributed by atoms with Gasteiger partial charge in [0, 0.05) is 40.7 Å². The van der Waals surface area contributed by atoms with Gasteiger partial charge in [-0.3, -0.25) is 9.59 Å². The minimum atomic E-state index is -0.323. The number of halogens is 1. The molecular weight excluding hydrogens is 408 g/mol. The molecule has 0 radical (unpaired) electrons. The lowest BCUT2D eigenvalue weighted by Gasteiger charge is -2.31. The van der Waals surface area contributed by atoms with Crippen molar-refractivity contribution in [2.24, 2.45) is 0 Å². The molecule has 1 aliphatic rings. The highest BCUT2D eigenvalue weighted by Gasteiger charge is 2.29. The molecule has 1 N–H and O–H groups in total. The Bertz CT molecular complexity index is 1010. The van der Waals surface area contributed by atoms with Crippen molar-refractivity contribution in [3.8, 4) is 11.3 Å². The van der Waals surface area contributed by atoms with Crippen LogP contribution in [-0.2, 0) is 4.79 Å². The Morgan fingerprint density at radius 2 is 1.93 bits per heavy atom. The summed E-state index contributed by atoms with van der Waals surface area (Å²) >= 11 is 7.45. The largest absolute Gasteiger partial charge is 0.464 e. The number of hydrogen-bond acceptors (Lipinski definition) is 4. The van der Waals surface area contributed by atoms with Gasteiger partial charge < -0.3 is 14.6 Å². The third kappa shape index (κ3) is 4.66. The van der Waals surface area contributed by atoms with Gasteiger partial charge in [-0.1, -0.05) is 23.7 Å². The van der Waals surface area contributed by atoms with Crippen LogP contribution in [0.5, 0.6) is 0 Å². The predicted molar refractivity (Wildman–Crippen MR) is 116 cm³/mol. The molecule has 0 aliphatic carbocycles. The number of benzene rings is 2. The van der Waals surface area contributed by atoms with Crippen molar-refractivity contribution in [2.75, 3.05) is 24.2 Å². The van der Waals surface area contributed by atoms with Gasteiger partial charge in [-0.2, -0.15) is 0 Å². The summed E-state index contributed by atoms with van der Waals surface area (Å²) in [6.45, 7) is 0.979. The molecule has 148 valence electrons. The summed E-state index contributed by atoms with van der Waals surface area (Å²) in [4.78, 5) is 27.4. The molecule has 4 rings (SSSR count). The van der Waals surface area contributed by atoms with Gasteiger partial charge in [0.1, 0.15) is 11.0 Å². The van der Waals surface area contributed by atoms with Crippen LogP contribution < -0.4 is 5.32 Å². The van der Waals surface area contributed by atoms with E-state index in [0.29, 0.717) is 40.9 Å². The molecule has 1 aromatic heterocycles. The predicted octanol–water partition coefficient (Wildman–Crippen LogP) is 4.80. The summed E-state index contributed by atoms with van der Waals surface area (Å²) in [6.07, 6.45) is 1.61. The highest BCUT2D eigenvalue weighted by molar-refractivity contribution is 8.00. The molecule has 1 aliphatic heterocycles. The molecule has 29 heavy (non-hydrogen) atoms. The summed E-state index contributed by atoms with van der Waals surface area (Å²) in [7, 11) is 0. The molecule has 2 heterocycles. The van der Waals surface area contributed by atoms with Gasteiger partial charge in [-0.15, -0.1) is 11.8 Å². The summed E-state index contributed by atoms with van der Waals surface area (Å²) in [5.41, 5.74) is 2.13. The molecule has 1 fully saturated rings. The molecule has 1 unspecified atom stereocenters. The second-order valence-electron chi connectivity index (χ2n) is 6.66. The van der Waals surface area contributed by atoms with Crippen LogP contribution in [0.3, 0.4) is 0 Å². The van der Waals surface area contributed by atoms with E-state index in [1.54, 1.807) is 53.3 Å². The highest BCUT2D eigenvalue weighted by Crippen LogP contribution is 2.25. The molecular formula is C22H19ClN2O3S. The van der Waals surface area contributed by atoms with Crippen molar-refractivity contribution >= 4 is 40.9 Å². The zero-order valence-electron chi connectivity index (χ0n) is 15.5. The summed E-state index contributed by atoms with van der Waals surface area (Å²) in [6, 6.07) is 18.0. The molecule has 1 saturated heterocycles. The Morgan fingerprint density at radius 3 is 2.69 bits per heavy atom. The number of amides is 2. The van der Waals surface area contributed by atoms with Crippen LogP contribution in [0.1, 0.15) is 10.4 Å². The number of nitrogens with zero attached hydrogens (tertiary/aromatic N) is 1.